The zero-order chi connectivity index (χ0) is 19.1. The van der Waals surface area contributed by atoms with Gasteiger partial charge in [0, 0.05) is 32.5 Å². The van der Waals surface area contributed by atoms with Gasteiger partial charge in [0.1, 0.15) is 5.82 Å². The van der Waals surface area contributed by atoms with Crippen LogP contribution in [0.15, 0.2) is 45.6 Å². The summed E-state index contributed by atoms with van der Waals surface area (Å²) in [6.07, 6.45) is 3.54. The maximum Gasteiger partial charge on any atom is 0.166 e. The van der Waals surface area contributed by atoms with E-state index in [1.165, 1.54) is 0 Å². The van der Waals surface area contributed by atoms with E-state index in [4.69, 9.17) is 10.7 Å². The van der Waals surface area contributed by atoms with Crippen LogP contribution >= 0.6 is 31.9 Å². The fraction of sp³-hybridized carbons (Fsp3) is 0.158. The Kier molecular flexibility index (Phi) is 4.69. The van der Waals surface area contributed by atoms with Crippen molar-refractivity contribution < 1.29 is 0 Å². The van der Waals surface area contributed by atoms with Crippen LogP contribution in [0, 0.1) is 13.8 Å². The van der Waals surface area contributed by atoms with Crippen molar-refractivity contribution in [2.24, 2.45) is 0 Å². The Hall–Kier alpha value is -2.32. The van der Waals surface area contributed by atoms with Gasteiger partial charge in [-0.05, 0) is 51.3 Å². The molecule has 0 unspecified atom stereocenters. The number of hydrogen-bond acceptors (Lipinski definition) is 5. The molecule has 3 heterocycles. The number of anilines is 1. The molecule has 0 spiro atoms. The van der Waals surface area contributed by atoms with Crippen molar-refractivity contribution in [3.63, 3.8) is 0 Å². The van der Waals surface area contributed by atoms with E-state index in [1.54, 1.807) is 12.4 Å². The molecule has 2 aliphatic rings. The van der Waals surface area contributed by atoms with E-state index in [-0.39, 0.29) is 0 Å². The highest BCUT2D eigenvalue weighted by Gasteiger charge is 2.23. The lowest BCUT2D eigenvalue weighted by molar-refractivity contribution is 0.720. The van der Waals surface area contributed by atoms with Crippen LogP contribution in [0.4, 0.5) is 5.82 Å². The second-order valence-corrected chi connectivity index (χ2v) is 7.96. The molecule has 0 fully saturated rings. The first-order valence-corrected chi connectivity index (χ1v) is 9.88. The van der Waals surface area contributed by atoms with Gasteiger partial charge in [-0.3, -0.25) is 4.98 Å². The molecule has 0 radical (unpaired) electrons. The predicted octanol–water partition coefficient (Wildman–Crippen LogP) is 4.61. The van der Waals surface area contributed by atoms with Crippen LogP contribution in [0.2, 0.25) is 0 Å². The number of imidazole rings is 1. The summed E-state index contributed by atoms with van der Waals surface area (Å²) < 4.78 is 3.84. The minimum Gasteiger partial charge on any atom is -0.382 e. The first-order valence-electron chi connectivity index (χ1n) is 8.30. The highest BCUT2D eigenvalue weighted by molar-refractivity contribution is 9.11. The fourth-order valence-electron chi connectivity index (χ4n) is 3.02. The van der Waals surface area contributed by atoms with Crippen molar-refractivity contribution in [1.82, 2.24) is 24.5 Å². The molecule has 27 heavy (non-hydrogen) atoms. The lowest BCUT2D eigenvalue weighted by atomic mass is 10.1. The molecule has 2 aromatic rings. The molecule has 0 bridgehead atoms. The van der Waals surface area contributed by atoms with Gasteiger partial charge in [0.25, 0.3) is 0 Å². The van der Waals surface area contributed by atoms with Gasteiger partial charge < -0.3 is 10.3 Å². The molecule has 6 nitrogen and oxygen atoms in total. The molecule has 1 aromatic heterocycles. The van der Waals surface area contributed by atoms with Crippen molar-refractivity contribution in [3.8, 4) is 22.9 Å². The molecule has 1 aromatic carbocycles. The Balaban J connectivity index is 1.90. The largest absolute Gasteiger partial charge is 0.382 e. The summed E-state index contributed by atoms with van der Waals surface area (Å²) in [5, 5.41) is 0. The van der Waals surface area contributed by atoms with Crippen LogP contribution < -0.4 is 5.73 Å². The molecule has 2 aliphatic heterocycles. The van der Waals surface area contributed by atoms with E-state index in [0.717, 1.165) is 31.5 Å². The quantitative estimate of drug-likeness (QED) is 0.456. The number of nitrogens with two attached hydrogens (primary N) is 1. The lowest BCUT2D eigenvalue weighted by Crippen LogP contribution is -2.14. The number of pyridine rings is 1. The van der Waals surface area contributed by atoms with Crippen molar-refractivity contribution in [3.05, 3.63) is 62.6 Å². The normalized spacial score (nSPS) is 11.3. The third kappa shape index (κ3) is 3.23. The van der Waals surface area contributed by atoms with Crippen molar-refractivity contribution in [2.45, 2.75) is 20.4 Å². The van der Waals surface area contributed by atoms with Gasteiger partial charge in [-0.15, -0.1) is 0 Å². The molecule has 0 saturated carbocycles. The molecule has 0 atom stereocenters. The van der Waals surface area contributed by atoms with Gasteiger partial charge in [-0.1, -0.05) is 24.3 Å². The maximum atomic E-state index is 6.15. The molecular weight excluding hydrogens is 472 g/mol. The Morgan fingerprint density at radius 1 is 1.00 bits per heavy atom. The van der Waals surface area contributed by atoms with Gasteiger partial charge >= 0.3 is 0 Å². The van der Waals surface area contributed by atoms with E-state index >= 15 is 0 Å². The Morgan fingerprint density at radius 2 is 1.70 bits per heavy atom. The number of nitrogens with zero attached hydrogens (tertiary/aromatic N) is 5. The SMILES string of the molecule is Cc1ccccc1-c1nc2c(N)nc(C)n(Cc3c(Br)cncc3Br)c-2n1. The second kappa shape index (κ2) is 7.01. The van der Waals surface area contributed by atoms with Crippen molar-refractivity contribution >= 4 is 37.7 Å². The number of rotatable bonds is 3. The highest BCUT2D eigenvalue weighted by atomic mass is 79.9. The summed E-state index contributed by atoms with van der Waals surface area (Å²) in [6, 6.07) is 8.04. The monoisotopic (exact) mass is 486 g/mol. The first kappa shape index (κ1) is 18.1. The van der Waals surface area contributed by atoms with E-state index in [9.17, 15) is 0 Å². The zero-order valence-electron chi connectivity index (χ0n) is 14.7. The predicted molar refractivity (Wildman–Crippen MR) is 113 cm³/mol. The summed E-state index contributed by atoms with van der Waals surface area (Å²) in [5.41, 5.74) is 9.91. The number of fused-ring (bicyclic) bond motifs is 1. The van der Waals surface area contributed by atoms with E-state index in [2.05, 4.69) is 46.8 Å². The number of nitrogen functional groups attached to an aromatic ring is 1. The number of halogens is 2. The molecule has 4 rings (SSSR count). The van der Waals surface area contributed by atoms with Crippen LogP contribution in [0.3, 0.4) is 0 Å². The summed E-state index contributed by atoms with van der Waals surface area (Å²) >= 11 is 7.14. The average Bonchev–Trinajstić information content (AvgIpc) is 3.06. The number of aromatic nitrogens is 5. The van der Waals surface area contributed by atoms with E-state index in [1.807, 2.05) is 42.7 Å². The van der Waals surface area contributed by atoms with Crippen LogP contribution in [0.25, 0.3) is 22.9 Å². The lowest BCUT2D eigenvalue weighted by Gasteiger charge is -2.16. The van der Waals surface area contributed by atoms with Crippen molar-refractivity contribution in [1.29, 1.82) is 0 Å². The molecule has 2 N–H and O–H groups in total. The van der Waals surface area contributed by atoms with Gasteiger partial charge in [0.05, 0.1) is 6.54 Å². The van der Waals surface area contributed by atoms with Gasteiger partial charge in [0.2, 0.25) is 0 Å². The third-order valence-corrected chi connectivity index (χ3v) is 5.83. The summed E-state index contributed by atoms with van der Waals surface area (Å²) in [7, 11) is 0. The Labute approximate surface area is 173 Å². The van der Waals surface area contributed by atoms with Crippen LogP contribution in [0.5, 0.6) is 0 Å². The van der Waals surface area contributed by atoms with E-state index < -0.39 is 0 Å². The average molecular weight is 488 g/mol. The minimum absolute atomic E-state index is 0.388. The topological polar surface area (TPSA) is 82.5 Å². The minimum atomic E-state index is 0.388. The van der Waals surface area contributed by atoms with Gasteiger partial charge in [0.15, 0.2) is 23.2 Å². The van der Waals surface area contributed by atoms with Crippen LogP contribution in [-0.2, 0) is 6.54 Å². The smallest absolute Gasteiger partial charge is 0.166 e. The zero-order valence-corrected chi connectivity index (χ0v) is 17.9. The standard InChI is InChI=1S/C19H16Br2N6/c1-10-5-3-4-6-12(10)18-25-16-17(22)24-11(2)27(19(16)26-18)9-13-14(20)7-23-8-15(13)21/h3-8H,9,22H2,1-2H3. The van der Waals surface area contributed by atoms with Crippen LogP contribution in [0.1, 0.15) is 17.0 Å². The fourth-order valence-corrected chi connectivity index (χ4v) is 4.20. The van der Waals surface area contributed by atoms with Crippen molar-refractivity contribution in [2.75, 3.05) is 5.73 Å². The van der Waals surface area contributed by atoms with Gasteiger partial charge in [-0.2, -0.15) is 0 Å². The summed E-state index contributed by atoms with van der Waals surface area (Å²) in [5.74, 6) is 2.53. The molecular formula is C19H16Br2N6. The van der Waals surface area contributed by atoms with Crippen LogP contribution in [-0.4, -0.2) is 24.5 Å². The maximum absolute atomic E-state index is 6.15. The first-order chi connectivity index (χ1) is 13.0. The third-order valence-electron chi connectivity index (χ3n) is 4.47. The molecule has 0 aliphatic carbocycles. The Bertz CT molecular complexity index is 1100. The Morgan fingerprint density at radius 3 is 2.41 bits per heavy atom. The second-order valence-electron chi connectivity index (χ2n) is 6.25. The number of aryl methyl sites for hydroxylation is 2. The van der Waals surface area contributed by atoms with Gasteiger partial charge in [-0.25, -0.2) is 15.0 Å². The number of hydrogen-bond donors (Lipinski definition) is 1. The number of benzene rings is 1. The van der Waals surface area contributed by atoms with E-state index in [0.29, 0.717) is 29.7 Å². The molecule has 0 amide bonds. The highest BCUT2D eigenvalue weighted by Crippen LogP contribution is 2.32. The molecule has 0 saturated heterocycles. The summed E-state index contributed by atoms with van der Waals surface area (Å²) in [4.78, 5) is 18.1. The summed E-state index contributed by atoms with van der Waals surface area (Å²) in [6.45, 7) is 4.52. The molecule has 8 heteroatoms. The molecule has 136 valence electrons.